The second-order valence-corrected chi connectivity index (χ2v) is 4.32. The number of aryl methyl sites for hydroxylation is 1. The Labute approximate surface area is 107 Å². The highest BCUT2D eigenvalue weighted by atomic mass is 15.3. The molecule has 3 heteroatoms. The number of benzene rings is 2. The van der Waals surface area contributed by atoms with Crippen LogP contribution in [0, 0.1) is 0 Å². The van der Waals surface area contributed by atoms with Crippen molar-refractivity contribution in [1.82, 2.24) is 0 Å². The zero-order valence-electron chi connectivity index (χ0n) is 10.1. The third-order valence-electron chi connectivity index (χ3n) is 3.02. The maximum Gasteiger partial charge on any atom is 0.127 e. The highest BCUT2D eigenvalue weighted by Crippen LogP contribution is 2.22. The zero-order valence-corrected chi connectivity index (χ0v) is 10.1. The van der Waals surface area contributed by atoms with E-state index in [4.69, 9.17) is 0 Å². The number of fused-ring (bicyclic) bond motifs is 1. The largest absolute Gasteiger partial charge is 0.342 e. The molecule has 90 valence electrons. The van der Waals surface area contributed by atoms with Gasteiger partial charge in [-0.3, -0.25) is 5.43 Å². The molecule has 0 amide bonds. The van der Waals surface area contributed by atoms with E-state index in [1.807, 2.05) is 36.4 Å². The summed E-state index contributed by atoms with van der Waals surface area (Å²) >= 11 is 0. The predicted octanol–water partition coefficient (Wildman–Crippen LogP) is 3.47. The molecule has 2 N–H and O–H groups in total. The first kappa shape index (κ1) is 10.8. The van der Waals surface area contributed by atoms with Crippen molar-refractivity contribution in [3.8, 4) is 0 Å². The number of amidine groups is 1. The van der Waals surface area contributed by atoms with Gasteiger partial charge in [-0.05, 0) is 30.2 Å². The van der Waals surface area contributed by atoms with Gasteiger partial charge in [-0.2, -0.15) is 5.10 Å². The van der Waals surface area contributed by atoms with Gasteiger partial charge < -0.3 is 5.32 Å². The molecule has 0 atom stereocenters. The van der Waals surface area contributed by atoms with Crippen LogP contribution in [-0.2, 0) is 6.42 Å². The Balaban J connectivity index is 1.72. The predicted molar refractivity (Wildman–Crippen MR) is 75.9 cm³/mol. The van der Waals surface area contributed by atoms with E-state index in [0.29, 0.717) is 0 Å². The maximum absolute atomic E-state index is 4.41. The summed E-state index contributed by atoms with van der Waals surface area (Å²) in [4.78, 5) is 0. The SMILES string of the molecule is c1ccc(N/N=C2/CCc3ccccc3N2)cc1. The number of hydrogen-bond acceptors (Lipinski definition) is 2. The van der Waals surface area contributed by atoms with E-state index in [-0.39, 0.29) is 0 Å². The second kappa shape index (κ2) is 4.92. The van der Waals surface area contributed by atoms with Crippen LogP contribution in [0.2, 0.25) is 0 Å². The lowest BCUT2D eigenvalue weighted by molar-refractivity contribution is 1.00. The molecule has 0 saturated heterocycles. The normalized spacial score (nSPS) is 15.9. The van der Waals surface area contributed by atoms with E-state index >= 15 is 0 Å². The molecule has 0 saturated carbocycles. The average molecular weight is 237 g/mol. The quantitative estimate of drug-likeness (QED) is 0.785. The molecule has 0 aliphatic carbocycles. The Morgan fingerprint density at radius 2 is 1.67 bits per heavy atom. The van der Waals surface area contributed by atoms with Gasteiger partial charge in [0.1, 0.15) is 5.84 Å². The van der Waals surface area contributed by atoms with Crippen LogP contribution in [-0.4, -0.2) is 5.84 Å². The Bertz CT molecular complexity index is 561. The lowest BCUT2D eigenvalue weighted by Gasteiger charge is -2.19. The first-order valence-corrected chi connectivity index (χ1v) is 6.14. The van der Waals surface area contributed by atoms with E-state index in [2.05, 4.69) is 34.0 Å². The van der Waals surface area contributed by atoms with Gasteiger partial charge in [-0.1, -0.05) is 36.4 Å². The van der Waals surface area contributed by atoms with Gasteiger partial charge >= 0.3 is 0 Å². The van der Waals surface area contributed by atoms with Crippen LogP contribution in [0.3, 0.4) is 0 Å². The summed E-state index contributed by atoms with van der Waals surface area (Å²) in [6.45, 7) is 0. The fourth-order valence-corrected chi connectivity index (χ4v) is 2.06. The first-order valence-electron chi connectivity index (χ1n) is 6.14. The average Bonchev–Trinajstić information content (AvgIpc) is 2.46. The monoisotopic (exact) mass is 237 g/mol. The van der Waals surface area contributed by atoms with Gasteiger partial charge in [0.15, 0.2) is 0 Å². The standard InChI is InChI=1S/C15H15N3/c1-2-7-13(8-3-1)17-18-15-11-10-12-6-4-5-9-14(12)16-15/h1-9,17H,10-11H2,(H,16,18). The minimum absolute atomic E-state index is 0.941. The number of anilines is 2. The molecule has 18 heavy (non-hydrogen) atoms. The van der Waals surface area contributed by atoms with Gasteiger partial charge in [0.05, 0.1) is 5.69 Å². The summed E-state index contributed by atoms with van der Waals surface area (Å²) in [6.07, 6.45) is 1.98. The molecule has 1 heterocycles. The Hall–Kier alpha value is -2.29. The molecule has 0 spiro atoms. The molecule has 0 bridgehead atoms. The molecule has 0 unspecified atom stereocenters. The molecular formula is C15H15N3. The molecule has 1 aliphatic heterocycles. The van der Waals surface area contributed by atoms with Crippen LogP contribution in [0.25, 0.3) is 0 Å². The Morgan fingerprint density at radius 3 is 2.56 bits per heavy atom. The minimum Gasteiger partial charge on any atom is -0.342 e. The van der Waals surface area contributed by atoms with Crippen molar-refractivity contribution in [2.75, 3.05) is 10.7 Å². The van der Waals surface area contributed by atoms with Crippen molar-refractivity contribution in [3.05, 3.63) is 60.2 Å². The van der Waals surface area contributed by atoms with Crippen LogP contribution < -0.4 is 10.7 Å². The van der Waals surface area contributed by atoms with Crippen molar-refractivity contribution >= 4 is 17.2 Å². The fourth-order valence-electron chi connectivity index (χ4n) is 2.06. The van der Waals surface area contributed by atoms with Gasteiger partial charge in [0, 0.05) is 12.1 Å². The summed E-state index contributed by atoms with van der Waals surface area (Å²) in [5.41, 5.74) is 6.60. The maximum atomic E-state index is 4.41. The Morgan fingerprint density at radius 1 is 0.889 bits per heavy atom. The van der Waals surface area contributed by atoms with Gasteiger partial charge in [-0.15, -0.1) is 0 Å². The molecule has 2 aromatic rings. The molecule has 0 aromatic heterocycles. The summed E-state index contributed by atoms with van der Waals surface area (Å²) in [5.74, 6) is 0.984. The van der Waals surface area contributed by atoms with E-state index in [9.17, 15) is 0 Å². The van der Waals surface area contributed by atoms with Crippen molar-refractivity contribution in [2.45, 2.75) is 12.8 Å². The third kappa shape index (κ3) is 2.35. The fraction of sp³-hybridized carbons (Fsp3) is 0.133. The van der Waals surface area contributed by atoms with Crippen molar-refractivity contribution in [2.24, 2.45) is 5.10 Å². The first-order chi connectivity index (χ1) is 8.92. The number of para-hydroxylation sites is 2. The van der Waals surface area contributed by atoms with Gasteiger partial charge in [-0.25, -0.2) is 0 Å². The summed E-state index contributed by atoms with van der Waals surface area (Å²) in [7, 11) is 0. The molecular weight excluding hydrogens is 222 g/mol. The van der Waals surface area contributed by atoms with E-state index < -0.39 is 0 Å². The number of nitrogens with one attached hydrogen (secondary N) is 2. The van der Waals surface area contributed by atoms with Crippen LogP contribution in [0.1, 0.15) is 12.0 Å². The molecule has 0 fully saturated rings. The van der Waals surface area contributed by atoms with Gasteiger partial charge in [0.25, 0.3) is 0 Å². The molecule has 0 radical (unpaired) electrons. The summed E-state index contributed by atoms with van der Waals surface area (Å²) in [5, 5.41) is 7.76. The lowest BCUT2D eigenvalue weighted by Crippen LogP contribution is -2.20. The van der Waals surface area contributed by atoms with E-state index in [1.54, 1.807) is 0 Å². The molecule has 3 nitrogen and oxygen atoms in total. The van der Waals surface area contributed by atoms with Crippen molar-refractivity contribution in [3.63, 3.8) is 0 Å². The van der Waals surface area contributed by atoms with Gasteiger partial charge in [0.2, 0.25) is 0 Å². The van der Waals surface area contributed by atoms with Crippen LogP contribution in [0.5, 0.6) is 0 Å². The highest BCUT2D eigenvalue weighted by Gasteiger charge is 2.12. The van der Waals surface area contributed by atoms with Crippen LogP contribution in [0.15, 0.2) is 59.7 Å². The molecule has 1 aliphatic rings. The van der Waals surface area contributed by atoms with Crippen molar-refractivity contribution in [1.29, 1.82) is 0 Å². The number of hydrogen-bond donors (Lipinski definition) is 2. The van der Waals surface area contributed by atoms with Crippen LogP contribution >= 0.6 is 0 Å². The van der Waals surface area contributed by atoms with E-state index in [0.717, 1.165) is 30.1 Å². The van der Waals surface area contributed by atoms with Crippen molar-refractivity contribution < 1.29 is 0 Å². The third-order valence-corrected chi connectivity index (χ3v) is 3.02. The number of hydrazone groups is 1. The topological polar surface area (TPSA) is 36.4 Å². The van der Waals surface area contributed by atoms with Crippen LogP contribution in [0.4, 0.5) is 11.4 Å². The lowest BCUT2D eigenvalue weighted by atomic mass is 10.0. The molecule has 2 aromatic carbocycles. The highest BCUT2D eigenvalue weighted by molar-refractivity contribution is 5.98. The molecule has 3 rings (SSSR count). The number of nitrogens with zero attached hydrogens (tertiary/aromatic N) is 1. The second-order valence-electron chi connectivity index (χ2n) is 4.32. The van der Waals surface area contributed by atoms with E-state index in [1.165, 1.54) is 5.56 Å². The zero-order chi connectivity index (χ0) is 12.2. The minimum atomic E-state index is 0.941. The summed E-state index contributed by atoms with van der Waals surface area (Å²) < 4.78 is 0. The number of rotatable bonds is 2. The smallest absolute Gasteiger partial charge is 0.127 e. The summed E-state index contributed by atoms with van der Waals surface area (Å²) in [6, 6.07) is 18.3. The Kier molecular flexibility index (Phi) is 2.96.